The van der Waals surface area contributed by atoms with Gasteiger partial charge in [-0.05, 0) is 51.2 Å². The summed E-state index contributed by atoms with van der Waals surface area (Å²) in [6, 6.07) is 8.84. The van der Waals surface area contributed by atoms with Gasteiger partial charge in [-0.1, -0.05) is 17.7 Å². The number of pyridine rings is 1. The number of rotatable bonds is 8. The number of halogens is 1. The summed E-state index contributed by atoms with van der Waals surface area (Å²) >= 11 is 6.03. The highest BCUT2D eigenvalue weighted by atomic mass is 35.5. The standard InChI is InChI=1S/C20H26ClN5O4S/c1-13-7-6-8-18(22-13)24-19(27)12-26(5)14(2)20(28)23-15-9-10-16(21)17(11-15)31(29,30)25(3)4/h6-11,14H,12H2,1-5H3,(H,23,28)(H,22,24,27). The first-order valence-corrected chi connectivity index (χ1v) is 11.2. The molecular formula is C20H26ClN5O4S. The molecule has 0 aliphatic carbocycles. The van der Waals surface area contributed by atoms with E-state index in [4.69, 9.17) is 11.6 Å². The summed E-state index contributed by atoms with van der Waals surface area (Å²) < 4.78 is 25.8. The van der Waals surface area contributed by atoms with Gasteiger partial charge in [-0.25, -0.2) is 17.7 Å². The Labute approximate surface area is 187 Å². The van der Waals surface area contributed by atoms with Crippen molar-refractivity contribution in [2.75, 3.05) is 38.3 Å². The monoisotopic (exact) mass is 467 g/mol. The molecule has 2 aromatic rings. The Morgan fingerprint density at radius 1 is 1.13 bits per heavy atom. The number of amides is 2. The number of nitrogens with one attached hydrogen (secondary N) is 2. The molecule has 2 amide bonds. The van der Waals surface area contributed by atoms with Crippen molar-refractivity contribution in [1.29, 1.82) is 0 Å². The van der Waals surface area contributed by atoms with Gasteiger partial charge >= 0.3 is 0 Å². The van der Waals surface area contributed by atoms with Crippen LogP contribution in [0.1, 0.15) is 12.6 Å². The minimum absolute atomic E-state index is 0.0366. The van der Waals surface area contributed by atoms with E-state index in [1.54, 1.807) is 31.0 Å². The van der Waals surface area contributed by atoms with E-state index in [1.165, 1.54) is 32.3 Å². The number of carbonyl (C=O) groups excluding carboxylic acids is 2. The molecule has 0 fully saturated rings. The van der Waals surface area contributed by atoms with Crippen LogP contribution in [0, 0.1) is 6.92 Å². The number of aryl methyl sites for hydroxylation is 1. The number of benzene rings is 1. The van der Waals surface area contributed by atoms with Crippen molar-refractivity contribution in [2.24, 2.45) is 0 Å². The molecule has 1 heterocycles. The quantitative estimate of drug-likeness (QED) is 0.615. The number of hydrogen-bond donors (Lipinski definition) is 2. The molecule has 31 heavy (non-hydrogen) atoms. The average Bonchev–Trinajstić information content (AvgIpc) is 2.68. The SMILES string of the molecule is Cc1cccc(NC(=O)CN(C)C(C)C(=O)Nc2ccc(Cl)c(S(=O)(=O)N(C)C)c2)n1. The van der Waals surface area contributed by atoms with Gasteiger partial charge in [0.15, 0.2) is 0 Å². The van der Waals surface area contributed by atoms with Gasteiger partial charge in [-0.15, -0.1) is 0 Å². The van der Waals surface area contributed by atoms with E-state index in [1.807, 2.05) is 13.0 Å². The van der Waals surface area contributed by atoms with E-state index in [-0.39, 0.29) is 28.1 Å². The molecule has 1 aromatic heterocycles. The molecule has 0 spiro atoms. The van der Waals surface area contributed by atoms with Crippen LogP contribution in [0.3, 0.4) is 0 Å². The Hall–Kier alpha value is -2.53. The average molecular weight is 468 g/mol. The van der Waals surface area contributed by atoms with Gasteiger partial charge in [0.25, 0.3) is 0 Å². The molecule has 168 valence electrons. The lowest BCUT2D eigenvalue weighted by Crippen LogP contribution is -2.43. The molecule has 1 aromatic carbocycles. The fourth-order valence-electron chi connectivity index (χ4n) is 2.58. The van der Waals surface area contributed by atoms with Crippen molar-refractivity contribution >= 4 is 44.9 Å². The van der Waals surface area contributed by atoms with Crippen LogP contribution in [0.25, 0.3) is 0 Å². The second-order valence-electron chi connectivity index (χ2n) is 7.23. The fourth-order valence-corrected chi connectivity index (χ4v) is 3.97. The number of anilines is 2. The molecule has 2 N–H and O–H groups in total. The highest BCUT2D eigenvalue weighted by Crippen LogP contribution is 2.27. The molecule has 0 aliphatic rings. The van der Waals surface area contributed by atoms with E-state index in [2.05, 4.69) is 15.6 Å². The number of carbonyl (C=O) groups is 2. The summed E-state index contributed by atoms with van der Waals surface area (Å²) in [6.07, 6.45) is 0. The molecule has 2 rings (SSSR count). The normalized spacial score (nSPS) is 12.6. The van der Waals surface area contributed by atoms with Gasteiger partial charge in [0.2, 0.25) is 21.8 Å². The minimum atomic E-state index is -3.77. The van der Waals surface area contributed by atoms with Gasteiger partial charge in [0.1, 0.15) is 10.7 Å². The van der Waals surface area contributed by atoms with Crippen LogP contribution >= 0.6 is 11.6 Å². The lowest BCUT2D eigenvalue weighted by atomic mass is 10.2. The summed E-state index contributed by atoms with van der Waals surface area (Å²) in [6.45, 7) is 3.42. The van der Waals surface area contributed by atoms with Crippen molar-refractivity contribution in [2.45, 2.75) is 24.8 Å². The third kappa shape index (κ3) is 6.47. The van der Waals surface area contributed by atoms with Crippen molar-refractivity contribution in [3.8, 4) is 0 Å². The van der Waals surface area contributed by atoms with E-state index in [9.17, 15) is 18.0 Å². The topological polar surface area (TPSA) is 112 Å². The number of nitrogens with zero attached hydrogens (tertiary/aromatic N) is 3. The maximum atomic E-state index is 12.6. The molecule has 0 saturated carbocycles. The second kappa shape index (κ2) is 10.2. The summed E-state index contributed by atoms with van der Waals surface area (Å²) in [7, 11) is 0.654. The Bertz CT molecular complexity index is 1070. The van der Waals surface area contributed by atoms with Crippen molar-refractivity contribution in [3.05, 3.63) is 47.1 Å². The lowest BCUT2D eigenvalue weighted by molar-refractivity contribution is -0.122. The van der Waals surface area contributed by atoms with Gasteiger partial charge in [-0.2, -0.15) is 0 Å². The smallest absolute Gasteiger partial charge is 0.244 e. The van der Waals surface area contributed by atoms with Crippen molar-refractivity contribution < 1.29 is 18.0 Å². The van der Waals surface area contributed by atoms with E-state index < -0.39 is 22.0 Å². The number of aromatic nitrogens is 1. The van der Waals surface area contributed by atoms with Crippen LogP contribution in [-0.2, 0) is 19.6 Å². The van der Waals surface area contributed by atoms with Crippen LogP contribution < -0.4 is 10.6 Å². The lowest BCUT2D eigenvalue weighted by Gasteiger charge is -2.23. The van der Waals surface area contributed by atoms with Gasteiger partial charge in [0.05, 0.1) is 17.6 Å². The van der Waals surface area contributed by atoms with Crippen LogP contribution in [0.2, 0.25) is 5.02 Å². The zero-order valence-corrected chi connectivity index (χ0v) is 19.6. The maximum Gasteiger partial charge on any atom is 0.244 e. The molecule has 0 radical (unpaired) electrons. The van der Waals surface area contributed by atoms with Gasteiger partial charge in [0, 0.05) is 25.5 Å². The van der Waals surface area contributed by atoms with Crippen LogP contribution in [0.4, 0.5) is 11.5 Å². The highest BCUT2D eigenvalue weighted by Gasteiger charge is 2.24. The summed E-state index contributed by atoms with van der Waals surface area (Å²) in [5.41, 5.74) is 1.06. The van der Waals surface area contributed by atoms with Crippen molar-refractivity contribution in [3.63, 3.8) is 0 Å². The van der Waals surface area contributed by atoms with Crippen LogP contribution in [0.15, 0.2) is 41.3 Å². The van der Waals surface area contributed by atoms with Gasteiger partial charge < -0.3 is 10.6 Å². The van der Waals surface area contributed by atoms with E-state index in [0.29, 0.717) is 5.82 Å². The predicted molar refractivity (Wildman–Crippen MR) is 121 cm³/mol. The van der Waals surface area contributed by atoms with E-state index in [0.717, 1.165) is 10.00 Å². The molecular weight excluding hydrogens is 442 g/mol. The number of sulfonamides is 1. The molecule has 0 bridgehead atoms. The highest BCUT2D eigenvalue weighted by molar-refractivity contribution is 7.89. The third-order valence-corrected chi connectivity index (χ3v) is 6.84. The Morgan fingerprint density at radius 3 is 2.42 bits per heavy atom. The number of likely N-dealkylation sites (N-methyl/N-ethyl adjacent to an activating group) is 1. The molecule has 9 nitrogen and oxygen atoms in total. The minimum Gasteiger partial charge on any atom is -0.325 e. The summed E-state index contributed by atoms with van der Waals surface area (Å²) in [5.74, 6) is -0.281. The summed E-state index contributed by atoms with van der Waals surface area (Å²) in [4.78, 5) is 30.6. The molecule has 0 saturated heterocycles. The second-order valence-corrected chi connectivity index (χ2v) is 9.75. The molecule has 11 heteroatoms. The molecule has 1 unspecified atom stereocenters. The van der Waals surface area contributed by atoms with Crippen LogP contribution in [0.5, 0.6) is 0 Å². The van der Waals surface area contributed by atoms with Crippen molar-refractivity contribution in [1.82, 2.24) is 14.2 Å². The number of hydrogen-bond acceptors (Lipinski definition) is 6. The largest absolute Gasteiger partial charge is 0.325 e. The predicted octanol–water partition coefficient (Wildman–Crippen LogP) is 2.19. The first kappa shape index (κ1) is 24.7. The Balaban J connectivity index is 2.04. The molecule has 1 atom stereocenters. The first-order valence-electron chi connectivity index (χ1n) is 9.38. The molecule has 0 aliphatic heterocycles. The Morgan fingerprint density at radius 2 is 1.81 bits per heavy atom. The fraction of sp³-hybridized carbons (Fsp3) is 0.350. The third-order valence-electron chi connectivity index (χ3n) is 4.55. The summed E-state index contributed by atoms with van der Waals surface area (Å²) in [5, 5.41) is 5.41. The maximum absolute atomic E-state index is 12.6. The zero-order chi connectivity index (χ0) is 23.3. The van der Waals surface area contributed by atoms with Crippen LogP contribution in [-0.4, -0.2) is 68.2 Å². The van der Waals surface area contributed by atoms with Gasteiger partial charge in [-0.3, -0.25) is 14.5 Å². The first-order chi connectivity index (χ1) is 14.4. The zero-order valence-electron chi connectivity index (χ0n) is 18.0. The Kier molecular flexibility index (Phi) is 8.13. The van der Waals surface area contributed by atoms with E-state index >= 15 is 0 Å².